The summed E-state index contributed by atoms with van der Waals surface area (Å²) >= 11 is 0. The van der Waals surface area contributed by atoms with Crippen molar-refractivity contribution >= 4 is 0 Å². The second-order valence-corrected chi connectivity index (χ2v) is 10.2. The predicted octanol–water partition coefficient (Wildman–Crippen LogP) is 4.74. The van der Waals surface area contributed by atoms with E-state index in [9.17, 15) is 5.11 Å². The Bertz CT molecular complexity index is 757. The van der Waals surface area contributed by atoms with Crippen molar-refractivity contribution in [3.63, 3.8) is 0 Å². The van der Waals surface area contributed by atoms with Crippen molar-refractivity contribution in [3.8, 4) is 0 Å². The molecule has 0 spiro atoms. The number of aryl methyl sites for hydroxylation is 1. The van der Waals surface area contributed by atoms with Crippen molar-refractivity contribution in [2.24, 2.45) is 11.8 Å². The number of aliphatic hydroxyl groups excluding tert-OH is 1. The van der Waals surface area contributed by atoms with Crippen molar-refractivity contribution in [3.05, 3.63) is 48.0 Å². The topological polar surface area (TPSA) is 66.4 Å². The fourth-order valence-electron chi connectivity index (χ4n) is 5.90. The lowest BCUT2D eigenvalue weighted by Gasteiger charge is -2.30. The van der Waals surface area contributed by atoms with Gasteiger partial charge in [0.05, 0.1) is 18.3 Å². The zero-order valence-electron chi connectivity index (χ0n) is 20.1. The van der Waals surface area contributed by atoms with Crippen LogP contribution in [0.2, 0.25) is 0 Å². The van der Waals surface area contributed by atoms with E-state index in [0.29, 0.717) is 6.42 Å². The molecule has 1 aromatic carbocycles. The Morgan fingerprint density at radius 1 is 0.971 bits per heavy atom. The number of hydrogen-bond acceptors (Lipinski definition) is 6. The largest absolute Gasteiger partial charge is 0.368 e. The van der Waals surface area contributed by atoms with E-state index in [4.69, 9.17) is 23.7 Å². The molecule has 1 N–H and O–H groups in total. The van der Waals surface area contributed by atoms with Gasteiger partial charge in [-0.15, -0.1) is 0 Å². The lowest BCUT2D eigenvalue weighted by molar-refractivity contribution is -0.196. The van der Waals surface area contributed by atoms with Crippen LogP contribution in [0.4, 0.5) is 0 Å². The van der Waals surface area contributed by atoms with Crippen LogP contribution in [0.5, 0.6) is 0 Å². The Morgan fingerprint density at radius 3 is 2.47 bits per heavy atom. The van der Waals surface area contributed by atoms with Gasteiger partial charge in [0.25, 0.3) is 0 Å². The summed E-state index contributed by atoms with van der Waals surface area (Å²) in [6.07, 6.45) is 13.4. The molecule has 3 unspecified atom stereocenters. The van der Waals surface area contributed by atoms with E-state index in [1.54, 1.807) is 0 Å². The third kappa shape index (κ3) is 6.48. The van der Waals surface area contributed by atoms with Gasteiger partial charge >= 0.3 is 0 Å². The van der Waals surface area contributed by atoms with E-state index in [-0.39, 0.29) is 42.7 Å². The van der Waals surface area contributed by atoms with Crippen molar-refractivity contribution in [1.29, 1.82) is 0 Å². The summed E-state index contributed by atoms with van der Waals surface area (Å²) < 4.78 is 30.5. The number of ether oxygens (including phenoxy) is 5. The SMILES string of the molecule is OC1C[C@@H]2[C@@H](/C=C/C(CCc3ccccc3)O[C@H]3CCCCO3)[C@H](OC3CCCCO3)C[C@@H]2O1. The molecule has 6 heteroatoms. The molecule has 3 saturated heterocycles. The van der Waals surface area contributed by atoms with Crippen molar-refractivity contribution in [2.75, 3.05) is 13.2 Å². The summed E-state index contributed by atoms with van der Waals surface area (Å²) in [6, 6.07) is 10.6. The first-order valence-corrected chi connectivity index (χ1v) is 13.3. The number of hydrogen-bond donors (Lipinski definition) is 1. The van der Waals surface area contributed by atoms with Gasteiger partial charge in [-0.3, -0.25) is 0 Å². The molecule has 1 aliphatic carbocycles. The van der Waals surface area contributed by atoms with Crippen LogP contribution in [0.3, 0.4) is 0 Å². The van der Waals surface area contributed by atoms with Crippen LogP contribution in [0, 0.1) is 11.8 Å². The zero-order chi connectivity index (χ0) is 23.2. The standard InChI is InChI=1S/C28H40O6/c29-26-18-23-22(24(19-25(23)33-26)34-28-11-5-7-17-31-28)15-14-21(32-27-10-4-6-16-30-27)13-12-20-8-2-1-3-9-20/h1-3,8-9,14-15,21-29H,4-7,10-13,16-19H2/b15-14+/t21?,22-,23-,24-,25+,26?,27+,28?/m1/s1. The van der Waals surface area contributed by atoms with Gasteiger partial charge in [0.2, 0.25) is 0 Å². The molecule has 5 rings (SSSR count). The fraction of sp³-hybridized carbons (Fsp3) is 0.714. The first-order chi connectivity index (χ1) is 16.7. The fourth-order valence-corrected chi connectivity index (χ4v) is 5.90. The third-order valence-corrected chi connectivity index (χ3v) is 7.71. The molecule has 0 bridgehead atoms. The second-order valence-electron chi connectivity index (χ2n) is 10.2. The Labute approximate surface area is 203 Å². The van der Waals surface area contributed by atoms with Crippen LogP contribution in [0.25, 0.3) is 0 Å². The highest BCUT2D eigenvalue weighted by molar-refractivity contribution is 5.15. The van der Waals surface area contributed by atoms with Gasteiger partial charge in [0, 0.05) is 32.0 Å². The Balaban J connectivity index is 1.27. The van der Waals surface area contributed by atoms with E-state index < -0.39 is 6.29 Å². The highest BCUT2D eigenvalue weighted by atomic mass is 16.7. The predicted molar refractivity (Wildman–Crippen MR) is 128 cm³/mol. The van der Waals surface area contributed by atoms with Gasteiger partial charge in [0.1, 0.15) is 0 Å². The number of fused-ring (bicyclic) bond motifs is 1. The smallest absolute Gasteiger partial charge is 0.158 e. The first kappa shape index (κ1) is 24.4. The maximum absolute atomic E-state index is 10.1. The minimum atomic E-state index is -0.668. The van der Waals surface area contributed by atoms with E-state index in [1.165, 1.54) is 5.56 Å². The second kappa shape index (κ2) is 12.1. The van der Waals surface area contributed by atoms with E-state index >= 15 is 0 Å². The molecule has 188 valence electrons. The van der Waals surface area contributed by atoms with Crippen LogP contribution in [-0.2, 0) is 30.1 Å². The normalized spacial score (nSPS) is 37.1. The van der Waals surface area contributed by atoms with Gasteiger partial charge in [0.15, 0.2) is 18.9 Å². The molecule has 1 aromatic rings. The molecule has 0 radical (unpaired) electrons. The molecule has 1 saturated carbocycles. The third-order valence-electron chi connectivity index (χ3n) is 7.71. The molecule has 3 aliphatic heterocycles. The van der Waals surface area contributed by atoms with Gasteiger partial charge in [-0.05, 0) is 62.8 Å². The number of aliphatic hydroxyl groups is 1. The van der Waals surface area contributed by atoms with E-state index in [2.05, 4.69) is 42.5 Å². The monoisotopic (exact) mass is 472 g/mol. The summed E-state index contributed by atoms with van der Waals surface area (Å²) in [7, 11) is 0. The van der Waals surface area contributed by atoms with Crippen LogP contribution in [0.15, 0.2) is 42.5 Å². The van der Waals surface area contributed by atoms with Crippen LogP contribution in [-0.4, -0.2) is 55.5 Å². The number of benzene rings is 1. The molecular weight excluding hydrogens is 432 g/mol. The Morgan fingerprint density at radius 2 is 1.74 bits per heavy atom. The molecular formula is C28H40O6. The average Bonchev–Trinajstić information content (AvgIpc) is 3.38. The van der Waals surface area contributed by atoms with Crippen molar-refractivity contribution in [2.45, 2.75) is 101 Å². The molecule has 0 amide bonds. The lowest BCUT2D eigenvalue weighted by atomic mass is 9.90. The lowest BCUT2D eigenvalue weighted by Crippen LogP contribution is -2.31. The van der Waals surface area contributed by atoms with E-state index in [0.717, 1.165) is 71.0 Å². The molecule has 8 atom stereocenters. The minimum absolute atomic E-state index is 0.0267. The Hall–Kier alpha value is -1.28. The van der Waals surface area contributed by atoms with Crippen LogP contribution >= 0.6 is 0 Å². The van der Waals surface area contributed by atoms with Crippen molar-refractivity contribution in [1.82, 2.24) is 0 Å². The summed E-state index contributed by atoms with van der Waals surface area (Å²) in [6.45, 7) is 1.55. The summed E-state index contributed by atoms with van der Waals surface area (Å²) in [5.41, 5.74) is 1.32. The minimum Gasteiger partial charge on any atom is -0.368 e. The zero-order valence-corrected chi connectivity index (χ0v) is 20.1. The molecule has 4 aliphatic rings. The van der Waals surface area contributed by atoms with Crippen LogP contribution < -0.4 is 0 Å². The maximum Gasteiger partial charge on any atom is 0.158 e. The molecule has 6 nitrogen and oxygen atoms in total. The summed E-state index contributed by atoms with van der Waals surface area (Å²) in [5.74, 6) is 0.448. The first-order valence-electron chi connectivity index (χ1n) is 13.3. The molecule has 0 aromatic heterocycles. The van der Waals surface area contributed by atoms with E-state index in [1.807, 2.05) is 0 Å². The van der Waals surface area contributed by atoms with Gasteiger partial charge in [-0.25, -0.2) is 0 Å². The molecule has 34 heavy (non-hydrogen) atoms. The molecule has 4 fully saturated rings. The van der Waals surface area contributed by atoms with Crippen LogP contribution in [0.1, 0.15) is 63.4 Å². The molecule has 3 heterocycles. The highest BCUT2D eigenvalue weighted by Gasteiger charge is 2.49. The van der Waals surface area contributed by atoms with Crippen molar-refractivity contribution < 1.29 is 28.8 Å². The van der Waals surface area contributed by atoms with Gasteiger partial charge < -0.3 is 28.8 Å². The quantitative estimate of drug-likeness (QED) is 0.524. The van der Waals surface area contributed by atoms with Gasteiger partial charge in [-0.1, -0.05) is 42.5 Å². The number of rotatable bonds is 9. The average molecular weight is 473 g/mol. The maximum atomic E-state index is 10.1. The Kier molecular flexibility index (Phi) is 8.70. The summed E-state index contributed by atoms with van der Waals surface area (Å²) in [4.78, 5) is 0. The van der Waals surface area contributed by atoms with Gasteiger partial charge in [-0.2, -0.15) is 0 Å². The highest BCUT2D eigenvalue weighted by Crippen LogP contribution is 2.45. The summed E-state index contributed by atoms with van der Waals surface area (Å²) in [5, 5.41) is 10.1.